The summed E-state index contributed by atoms with van der Waals surface area (Å²) in [6, 6.07) is 9.59. The third kappa shape index (κ3) is 4.55. The Bertz CT molecular complexity index is 1360. The van der Waals surface area contributed by atoms with Gasteiger partial charge in [-0.25, -0.2) is 13.8 Å². The molecular weight excluding hydrogens is 443 g/mol. The minimum absolute atomic E-state index is 0.0795. The van der Waals surface area contributed by atoms with Crippen LogP contribution in [0.5, 0.6) is 0 Å². The van der Waals surface area contributed by atoms with E-state index in [1.807, 2.05) is 0 Å². The topological polar surface area (TPSA) is 59.8 Å². The summed E-state index contributed by atoms with van der Waals surface area (Å²) >= 11 is 0. The molecule has 2 aromatic heterocycles. The van der Waals surface area contributed by atoms with Gasteiger partial charge in [0.15, 0.2) is 0 Å². The third-order valence-corrected chi connectivity index (χ3v) is 5.17. The van der Waals surface area contributed by atoms with Crippen molar-refractivity contribution in [1.82, 2.24) is 14.8 Å². The fraction of sp³-hybridized carbons (Fsp3) is 0.174. The highest BCUT2D eigenvalue weighted by molar-refractivity contribution is 6.12. The molecule has 0 atom stereocenters. The van der Waals surface area contributed by atoms with Crippen LogP contribution in [0.2, 0.25) is 0 Å². The molecule has 2 heterocycles. The Kier molecular flexibility index (Phi) is 5.61. The molecule has 0 saturated heterocycles. The van der Waals surface area contributed by atoms with Gasteiger partial charge in [0.05, 0.1) is 34.7 Å². The Morgan fingerprint density at radius 1 is 1.00 bits per heavy atom. The van der Waals surface area contributed by atoms with E-state index < -0.39 is 23.6 Å². The first-order valence-corrected chi connectivity index (χ1v) is 9.80. The minimum Gasteiger partial charge on any atom is -0.319 e. The molecule has 0 saturated carbocycles. The SMILES string of the molecule is Cc1nn(Cc2ccc(F)cc2)c(C)c1NC(=O)c1cc(C(F)(F)F)nc2cc(F)ccc12. The molecule has 0 fully saturated rings. The highest BCUT2D eigenvalue weighted by Gasteiger charge is 2.34. The molecule has 1 N–H and O–H groups in total. The molecule has 33 heavy (non-hydrogen) atoms. The van der Waals surface area contributed by atoms with Crippen LogP contribution in [0.15, 0.2) is 48.5 Å². The number of amides is 1. The standard InChI is InChI=1S/C23H17F5N4O/c1-12-21(13(2)32(31-12)11-14-3-5-15(24)6-4-14)30-22(33)18-10-20(23(26,27)28)29-19-9-16(25)7-8-17(18)19/h3-10H,11H2,1-2H3,(H,30,33). The molecule has 0 aliphatic heterocycles. The van der Waals surface area contributed by atoms with Crippen molar-refractivity contribution in [3.8, 4) is 0 Å². The number of nitrogens with zero attached hydrogens (tertiary/aromatic N) is 3. The van der Waals surface area contributed by atoms with Gasteiger partial charge in [-0.05, 0) is 49.7 Å². The molecule has 1 amide bonds. The molecule has 170 valence electrons. The number of rotatable bonds is 4. The van der Waals surface area contributed by atoms with E-state index in [4.69, 9.17) is 0 Å². The summed E-state index contributed by atoms with van der Waals surface area (Å²) < 4.78 is 68.3. The second kappa shape index (κ2) is 8.27. The van der Waals surface area contributed by atoms with Crippen molar-refractivity contribution in [3.63, 3.8) is 0 Å². The van der Waals surface area contributed by atoms with Gasteiger partial charge in [0.2, 0.25) is 0 Å². The summed E-state index contributed by atoms with van der Waals surface area (Å²) in [4.78, 5) is 16.5. The zero-order chi connectivity index (χ0) is 23.9. The Balaban J connectivity index is 1.70. The van der Waals surface area contributed by atoms with E-state index in [9.17, 15) is 26.7 Å². The number of carbonyl (C=O) groups is 1. The van der Waals surface area contributed by atoms with Gasteiger partial charge < -0.3 is 5.32 Å². The number of aromatic nitrogens is 3. The van der Waals surface area contributed by atoms with E-state index in [-0.39, 0.29) is 22.3 Å². The van der Waals surface area contributed by atoms with Gasteiger partial charge in [-0.1, -0.05) is 12.1 Å². The zero-order valence-electron chi connectivity index (χ0n) is 17.5. The molecule has 0 spiro atoms. The summed E-state index contributed by atoms with van der Waals surface area (Å²) in [5.74, 6) is -1.95. The van der Waals surface area contributed by atoms with Crippen LogP contribution in [0.1, 0.15) is 33.0 Å². The van der Waals surface area contributed by atoms with Crippen LogP contribution in [0, 0.1) is 25.5 Å². The number of hydrogen-bond donors (Lipinski definition) is 1. The van der Waals surface area contributed by atoms with Crippen LogP contribution in [0.4, 0.5) is 27.6 Å². The first-order chi connectivity index (χ1) is 15.5. The van der Waals surface area contributed by atoms with Crippen LogP contribution in [0.3, 0.4) is 0 Å². The molecule has 0 radical (unpaired) electrons. The lowest BCUT2D eigenvalue weighted by Gasteiger charge is -2.12. The summed E-state index contributed by atoms with van der Waals surface area (Å²) in [5, 5.41) is 7.08. The maximum atomic E-state index is 13.6. The Hall–Kier alpha value is -3.82. The Morgan fingerprint density at radius 3 is 2.33 bits per heavy atom. The van der Waals surface area contributed by atoms with Crippen molar-refractivity contribution in [1.29, 1.82) is 0 Å². The number of aryl methyl sites for hydroxylation is 1. The lowest BCUT2D eigenvalue weighted by atomic mass is 10.1. The van der Waals surface area contributed by atoms with Crippen LogP contribution in [-0.4, -0.2) is 20.7 Å². The second-order valence-electron chi connectivity index (χ2n) is 7.50. The number of carbonyl (C=O) groups excluding carboxylic acids is 1. The van der Waals surface area contributed by atoms with Crippen molar-refractivity contribution in [2.24, 2.45) is 0 Å². The largest absolute Gasteiger partial charge is 0.433 e. The molecule has 0 aliphatic rings. The molecule has 0 aliphatic carbocycles. The van der Waals surface area contributed by atoms with Crippen molar-refractivity contribution < 1.29 is 26.7 Å². The molecule has 5 nitrogen and oxygen atoms in total. The van der Waals surface area contributed by atoms with Crippen molar-refractivity contribution in [3.05, 3.63) is 88.4 Å². The summed E-state index contributed by atoms with van der Waals surface area (Å²) in [7, 11) is 0. The number of hydrogen-bond acceptors (Lipinski definition) is 3. The van der Waals surface area contributed by atoms with Gasteiger partial charge in [-0.15, -0.1) is 0 Å². The molecular formula is C23H17F5N4O. The maximum absolute atomic E-state index is 13.6. The predicted octanol–water partition coefficient (Wildman–Crippen LogP) is 5.65. The van der Waals surface area contributed by atoms with E-state index in [2.05, 4.69) is 15.4 Å². The third-order valence-electron chi connectivity index (χ3n) is 5.17. The first kappa shape index (κ1) is 22.4. The van der Waals surface area contributed by atoms with E-state index in [0.717, 1.165) is 17.7 Å². The van der Waals surface area contributed by atoms with Gasteiger partial charge in [-0.2, -0.15) is 18.3 Å². The van der Waals surface area contributed by atoms with Gasteiger partial charge in [0, 0.05) is 11.5 Å². The second-order valence-corrected chi connectivity index (χ2v) is 7.50. The molecule has 0 bridgehead atoms. The normalized spacial score (nSPS) is 11.7. The fourth-order valence-corrected chi connectivity index (χ4v) is 3.51. The number of nitrogens with one attached hydrogen (secondary N) is 1. The number of pyridine rings is 1. The number of anilines is 1. The smallest absolute Gasteiger partial charge is 0.319 e. The quantitative estimate of drug-likeness (QED) is 0.401. The van der Waals surface area contributed by atoms with E-state index in [0.29, 0.717) is 29.7 Å². The first-order valence-electron chi connectivity index (χ1n) is 9.80. The lowest BCUT2D eigenvalue weighted by molar-refractivity contribution is -0.140. The van der Waals surface area contributed by atoms with Gasteiger partial charge in [0.1, 0.15) is 17.3 Å². The number of fused-ring (bicyclic) bond motifs is 1. The molecule has 10 heteroatoms. The van der Waals surface area contributed by atoms with Crippen molar-refractivity contribution >= 4 is 22.5 Å². The van der Waals surface area contributed by atoms with Crippen molar-refractivity contribution in [2.75, 3.05) is 5.32 Å². The fourth-order valence-electron chi connectivity index (χ4n) is 3.51. The summed E-state index contributed by atoms with van der Waals surface area (Å²) in [6.07, 6.45) is -4.82. The van der Waals surface area contributed by atoms with E-state index in [1.165, 1.54) is 18.2 Å². The maximum Gasteiger partial charge on any atom is 0.433 e. The van der Waals surface area contributed by atoms with Crippen LogP contribution in [-0.2, 0) is 12.7 Å². The van der Waals surface area contributed by atoms with Gasteiger partial charge >= 0.3 is 6.18 Å². The number of halogens is 5. The lowest BCUT2D eigenvalue weighted by Crippen LogP contribution is -2.17. The summed E-state index contributed by atoms with van der Waals surface area (Å²) in [6.45, 7) is 3.64. The minimum atomic E-state index is -4.82. The average Bonchev–Trinajstić information content (AvgIpc) is 3.00. The Labute approximate surface area is 184 Å². The number of alkyl halides is 3. The van der Waals surface area contributed by atoms with Crippen LogP contribution < -0.4 is 5.32 Å². The van der Waals surface area contributed by atoms with Crippen LogP contribution >= 0.6 is 0 Å². The average molecular weight is 460 g/mol. The highest BCUT2D eigenvalue weighted by Crippen LogP contribution is 2.32. The van der Waals surface area contributed by atoms with Crippen molar-refractivity contribution in [2.45, 2.75) is 26.6 Å². The molecule has 2 aromatic carbocycles. The summed E-state index contributed by atoms with van der Waals surface area (Å²) in [5.41, 5.74) is 0.243. The monoisotopic (exact) mass is 460 g/mol. The van der Waals surface area contributed by atoms with Gasteiger partial charge in [-0.3, -0.25) is 9.48 Å². The molecule has 4 rings (SSSR count). The predicted molar refractivity (Wildman–Crippen MR) is 112 cm³/mol. The van der Waals surface area contributed by atoms with E-state index in [1.54, 1.807) is 30.7 Å². The van der Waals surface area contributed by atoms with Gasteiger partial charge in [0.25, 0.3) is 5.91 Å². The highest BCUT2D eigenvalue weighted by atomic mass is 19.4. The number of benzene rings is 2. The van der Waals surface area contributed by atoms with E-state index >= 15 is 0 Å². The van der Waals surface area contributed by atoms with Crippen LogP contribution in [0.25, 0.3) is 10.9 Å². The molecule has 4 aromatic rings. The molecule has 0 unspecified atom stereocenters. The zero-order valence-corrected chi connectivity index (χ0v) is 17.5. The Morgan fingerprint density at radius 2 is 1.67 bits per heavy atom.